The summed E-state index contributed by atoms with van der Waals surface area (Å²) in [6, 6.07) is 0. The Bertz CT molecular complexity index is 456. The highest BCUT2D eigenvalue weighted by atomic mass is 127. The summed E-state index contributed by atoms with van der Waals surface area (Å²) in [5.41, 5.74) is 0. The minimum absolute atomic E-state index is 0.598. The Kier molecular flexibility index (Phi) is 5.86. The maximum atomic E-state index is 5.84. The van der Waals surface area contributed by atoms with E-state index in [2.05, 4.69) is 36.1 Å². The Balaban J connectivity index is 1.43. The fraction of sp³-hybridized carbons (Fsp3) is 0.714. The second-order valence-corrected chi connectivity index (χ2v) is 7.74. The lowest BCUT2D eigenvalue weighted by atomic mass is 9.90. The van der Waals surface area contributed by atoms with Crippen LogP contribution in [0.5, 0.6) is 0 Å². The Labute approximate surface area is 147 Å². The van der Waals surface area contributed by atoms with E-state index in [1.807, 2.05) is 0 Å². The number of rotatable bonds is 6. The number of hydrogen-bond donors (Lipinski definition) is 0. The Hall–Kier alpha value is 0.210. The number of hydrogen-bond acceptors (Lipinski definition) is 5. The minimum Gasteiger partial charge on any atom is -0.341 e. The molecule has 7 heteroatoms. The van der Waals surface area contributed by atoms with Gasteiger partial charge < -0.3 is 9.08 Å². The number of anilines is 1. The average Bonchev–Trinajstić information content (AvgIpc) is 3.28. The van der Waals surface area contributed by atoms with Crippen LogP contribution in [0.3, 0.4) is 0 Å². The number of nitrogens with zero attached hydrogens (tertiary/aromatic N) is 3. The van der Waals surface area contributed by atoms with E-state index in [1.54, 1.807) is 12.4 Å². The zero-order chi connectivity index (χ0) is 14.7. The molecule has 1 saturated heterocycles. The van der Waals surface area contributed by atoms with Gasteiger partial charge in [-0.15, -0.1) is 0 Å². The largest absolute Gasteiger partial charge is 0.341 e. The van der Waals surface area contributed by atoms with Crippen LogP contribution in [0, 0.1) is 17.8 Å². The molecule has 2 unspecified atom stereocenters. The van der Waals surface area contributed by atoms with Crippen molar-refractivity contribution in [3.8, 4) is 0 Å². The quantitative estimate of drug-likeness (QED) is 0.373. The first kappa shape index (κ1) is 16.1. The first-order valence-corrected chi connectivity index (χ1v) is 11.1. The summed E-state index contributed by atoms with van der Waals surface area (Å²) >= 11 is 8.02. The average molecular weight is 440 g/mol. The van der Waals surface area contributed by atoms with Crippen LogP contribution in [-0.4, -0.2) is 29.7 Å². The second kappa shape index (κ2) is 7.66. The van der Waals surface area contributed by atoms with Crippen molar-refractivity contribution in [3.05, 3.63) is 17.4 Å². The van der Waals surface area contributed by atoms with Gasteiger partial charge in [0.25, 0.3) is 0 Å². The van der Waals surface area contributed by atoms with E-state index in [0.29, 0.717) is 5.02 Å². The van der Waals surface area contributed by atoms with E-state index in [0.717, 1.165) is 43.4 Å². The van der Waals surface area contributed by atoms with Crippen LogP contribution in [0.1, 0.15) is 25.7 Å². The standard InChI is InChI=1S/C14H19ClIN3OS/c15-12-8-17-14(18-9-12)19-4-1-10(2-5-19)13-7-11(13)3-6-20-21-16/h8-11,13H,1-7H2. The van der Waals surface area contributed by atoms with Crippen molar-refractivity contribution in [3.63, 3.8) is 0 Å². The van der Waals surface area contributed by atoms with Gasteiger partial charge in [-0.05, 0) is 43.4 Å². The molecule has 0 N–H and O–H groups in total. The third-order valence-electron chi connectivity index (χ3n) is 4.63. The smallest absolute Gasteiger partial charge is 0.225 e. The lowest BCUT2D eigenvalue weighted by Crippen LogP contribution is -2.35. The molecule has 116 valence electrons. The van der Waals surface area contributed by atoms with Gasteiger partial charge in [-0.2, -0.15) is 0 Å². The van der Waals surface area contributed by atoms with E-state index < -0.39 is 0 Å². The molecule has 2 fully saturated rings. The molecule has 1 aliphatic heterocycles. The molecule has 1 aromatic heterocycles. The lowest BCUT2D eigenvalue weighted by Gasteiger charge is -2.32. The molecule has 0 spiro atoms. The van der Waals surface area contributed by atoms with Crippen molar-refractivity contribution in [2.45, 2.75) is 25.7 Å². The topological polar surface area (TPSA) is 38.2 Å². The van der Waals surface area contributed by atoms with Crippen LogP contribution in [0.2, 0.25) is 5.02 Å². The molecule has 0 aromatic carbocycles. The van der Waals surface area contributed by atoms with Crippen molar-refractivity contribution >= 4 is 48.0 Å². The van der Waals surface area contributed by atoms with Gasteiger partial charge in [0, 0.05) is 34.3 Å². The van der Waals surface area contributed by atoms with E-state index >= 15 is 0 Å². The normalized spacial score (nSPS) is 26.1. The summed E-state index contributed by atoms with van der Waals surface area (Å²) in [4.78, 5) is 10.9. The van der Waals surface area contributed by atoms with E-state index in [1.165, 1.54) is 34.9 Å². The van der Waals surface area contributed by atoms with Crippen molar-refractivity contribution in [2.24, 2.45) is 17.8 Å². The fourth-order valence-electron chi connectivity index (χ4n) is 3.41. The number of piperidine rings is 1. The van der Waals surface area contributed by atoms with Gasteiger partial charge >= 0.3 is 0 Å². The zero-order valence-electron chi connectivity index (χ0n) is 11.8. The molecule has 1 aromatic rings. The third-order valence-corrected chi connectivity index (χ3v) is 5.84. The summed E-state index contributed by atoms with van der Waals surface area (Å²) < 4.78 is 5.37. The van der Waals surface area contributed by atoms with Crippen molar-refractivity contribution in [2.75, 3.05) is 24.6 Å². The molecule has 0 amide bonds. The Morgan fingerprint density at radius 2 is 2.05 bits per heavy atom. The van der Waals surface area contributed by atoms with Crippen LogP contribution >= 0.6 is 42.0 Å². The predicted molar refractivity (Wildman–Crippen MR) is 95.8 cm³/mol. The highest BCUT2D eigenvalue weighted by Gasteiger charge is 2.43. The summed E-state index contributed by atoms with van der Waals surface area (Å²) in [5, 5.41) is 0.598. The van der Waals surface area contributed by atoms with Gasteiger partial charge in [-0.1, -0.05) is 11.6 Å². The first-order chi connectivity index (χ1) is 10.3. The molecule has 1 saturated carbocycles. The summed E-state index contributed by atoms with van der Waals surface area (Å²) in [6.07, 6.45) is 8.50. The molecule has 3 rings (SSSR count). The molecular formula is C14H19ClIN3OS. The molecule has 2 atom stereocenters. The monoisotopic (exact) mass is 439 g/mol. The van der Waals surface area contributed by atoms with Gasteiger partial charge in [0.05, 0.1) is 33.2 Å². The first-order valence-electron chi connectivity index (χ1n) is 7.40. The molecular weight excluding hydrogens is 421 g/mol. The molecule has 0 bridgehead atoms. The maximum Gasteiger partial charge on any atom is 0.225 e. The third kappa shape index (κ3) is 4.36. The second-order valence-electron chi connectivity index (χ2n) is 5.86. The van der Waals surface area contributed by atoms with Crippen LogP contribution in [0.4, 0.5) is 5.95 Å². The Morgan fingerprint density at radius 1 is 1.33 bits per heavy atom. The van der Waals surface area contributed by atoms with Gasteiger partial charge in [0.1, 0.15) is 0 Å². The minimum atomic E-state index is 0.598. The van der Waals surface area contributed by atoms with Gasteiger partial charge in [0.15, 0.2) is 0 Å². The SMILES string of the molecule is Clc1cnc(N2CCC(C3CC3CCOSI)CC2)nc1. The van der Waals surface area contributed by atoms with Gasteiger partial charge in [-0.25, -0.2) is 9.97 Å². The van der Waals surface area contributed by atoms with Gasteiger partial charge in [-0.3, -0.25) is 0 Å². The Morgan fingerprint density at radius 3 is 2.71 bits per heavy atom. The number of halogens is 2. The molecule has 0 radical (unpaired) electrons. The summed E-state index contributed by atoms with van der Waals surface area (Å²) in [7, 11) is 1.45. The fourth-order valence-corrected chi connectivity index (χ4v) is 4.20. The van der Waals surface area contributed by atoms with E-state index in [-0.39, 0.29) is 0 Å². The van der Waals surface area contributed by atoms with Crippen molar-refractivity contribution in [1.82, 2.24) is 9.97 Å². The molecule has 4 nitrogen and oxygen atoms in total. The maximum absolute atomic E-state index is 5.84. The van der Waals surface area contributed by atoms with Crippen LogP contribution in [0.15, 0.2) is 12.4 Å². The van der Waals surface area contributed by atoms with Crippen molar-refractivity contribution < 1.29 is 4.18 Å². The highest BCUT2D eigenvalue weighted by Crippen LogP contribution is 2.50. The molecule has 1 aliphatic carbocycles. The van der Waals surface area contributed by atoms with E-state index in [4.69, 9.17) is 15.8 Å². The van der Waals surface area contributed by atoms with Crippen LogP contribution in [0.25, 0.3) is 0 Å². The summed E-state index contributed by atoms with van der Waals surface area (Å²) in [5.74, 6) is 3.53. The van der Waals surface area contributed by atoms with Crippen LogP contribution in [-0.2, 0) is 4.18 Å². The highest BCUT2D eigenvalue weighted by molar-refractivity contribution is 14.2. The van der Waals surface area contributed by atoms with E-state index in [9.17, 15) is 0 Å². The van der Waals surface area contributed by atoms with Crippen LogP contribution < -0.4 is 4.90 Å². The molecule has 2 aliphatic rings. The zero-order valence-corrected chi connectivity index (χ0v) is 15.5. The number of aromatic nitrogens is 2. The molecule has 21 heavy (non-hydrogen) atoms. The lowest BCUT2D eigenvalue weighted by molar-refractivity contribution is 0.315. The molecule has 2 heterocycles. The van der Waals surface area contributed by atoms with Gasteiger partial charge in [0.2, 0.25) is 5.95 Å². The van der Waals surface area contributed by atoms with Crippen molar-refractivity contribution in [1.29, 1.82) is 0 Å². The predicted octanol–water partition coefficient (Wildman–Crippen LogP) is 4.39. The summed E-state index contributed by atoms with van der Waals surface area (Å²) in [6.45, 7) is 3.03.